The van der Waals surface area contributed by atoms with Gasteiger partial charge in [-0.3, -0.25) is 9.59 Å². The van der Waals surface area contributed by atoms with E-state index >= 15 is 0 Å². The number of benzene rings is 1. The maximum Gasteiger partial charge on any atom is 0.313 e. The Morgan fingerprint density at radius 2 is 1.95 bits per heavy atom. The van der Waals surface area contributed by atoms with E-state index in [1.165, 1.54) is 0 Å². The van der Waals surface area contributed by atoms with E-state index in [1.807, 2.05) is 39.0 Å². The molecule has 0 radical (unpaired) electrons. The maximum absolute atomic E-state index is 11.7. The lowest BCUT2D eigenvalue weighted by molar-refractivity contribution is -0.136. The van der Waals surface area contributed by atoms with Crippen molar-refractivity contribution >= 4 is 17.5 Å². The number of hydrogen-bond donors (Lipinski definition) is 3. The number of carbonyl (C=O) groups excluding carboxylic acids is 2. The first-order valence-electron chi connectivity index (χ1n) is 6.27. The third-order valence-electron chi connectivity index (χ3n) is 2.77. The van der Waals surface area contributed by atoms with Crippen LogP contribution in [-0.4, -0.2) is 30.1 Å². The third kappa shape index (κ3) is 4.06. The van der Waals surface area contributed by atoms with Crippen molar-refractivity contribution in [3.05, 3.63) is 29.3 Å². The molecule has 5 nitrogen and oxygen atoms in total. The zero-order valence-corrected chi connectivity index (χ0v) is 11.5. The molecule has 0 aromatic heterocycles. The minimum absolute atomic E-state index is 0.0665. The lowest BCUT2D eigenvalue weighted by Gasteiger charge is -2.16. The van der Waals surface area contributed by atoms with Crippen molar-refractivity contribution in [2.45, 2.75) is 26.7 Å². The lowest BCUT2D eigenvalue weighted by atomic mass is 9.98. The van der Waals surface area contributed by atoms with E-state index in [0.29, 0.717) is 5.69 Å². The summed E-state index contributed by atoms with van der Waals surface area (Å²) < 4.78 is 0. The highest BCUT2D eigenvalue weighted by Gasteiger charge is 2.17. The molecule has 0 aliphatic heterocycles. The largest absolute Gasteiger partial charge is 0.395 e. The topological polar surface area (TPSA) is 78.4 Å². The number of aryl methyl sites for hydroxylation is 1. The molecule has 5 heteroatoms. The standard InChI is InChI=1S/C14H20N2O3/c1-9(2)11-6-4-5-10(3)12(11)16-14(19)13(18)15-7-8-17/h4-6,9,17H,7-8H2,1-3H3,(H,15,18)(H,16,19). The average Bonchev–Trinajstić information content (AvgIpc) is 2.37. The molecule has 0 fully saturated rings. The Bertz CT molecular complexity index is 470. The molecule has 0 heterocycles. The fraction of sp³-hybridized carbons (Fsp3) is 0.429. The van der Waals surface area contributed by atoms with Crippen molar-refractivity contribution in [3.8, 4) is 0 Å². The molecule has 3 N–H and O–H groups in total. The van der Waals surface area contributed by atoms with E-state index in [2.05, 4.69) is 10.6 Å². The third-order valence-corrected chi connectivity index (χ3v) is 2.77. The number of anilines is 1. The quantitative estimate of drug-likeness (QED) is 0.714. The molecule has 1 aromatic rings. The molecule has 1 rings (SSSR count). The number of hydrogen-bond acceptors (Lipinski definition) is 3. The average molecular weight is 264 g/mol. The van der Waals surface area contributed by atoms with Crippen molar-refractivity contribution < 1.29 is 14.7 Å². The molecule has 19 heavy (non-hydrogen) atoms. The minimum atomic E-state index is -0.744. The van der Waals surface area contributed by atoms with Gasteiger partial charge in [0.1, 0.15) is 0 Å². The highest BCUT2D eigenvalue weighted by molar-refractivity contribution is 6.39. The lowest BCUT2D eigenvalue weighted by Crippen LogP contribution is -2.37. The Balaban J connectivity index is 2.87. The summed E-state index contributed by atoms with van der Waals surface area (Å²) in [6.45, 7) is 5.80. The second-order valence-corrected chi connectivity index (χ2v) is 4.63. The Kier molecular flexibility index (Phi) is 5.51. The number of carbonyl (C=O) groups is 2. The normalized spacial score (nSPS) is 10.4. The zero-order valence-electron chi connectivity index (χ0n) is 11.5. The van der Waals surface area contributed by atoms with Crippen LogP contribution in [0.15, 0.2) is 18.2 Å². The molecule has 1 aromatic carbocycles. The van der Waals surface area contributed by atoms with Gasteiger partial charge in [0.25, 0.3) is 0 Å². The Morgan fingerprint density at radius 1 is 1.26 bits per heavy atom. The fourth-order valence-corrected chi connectivity index (χ4v) is 1.76. The number of rotatable bonds is 4. The van der Waals surface area contributed by atoms with Crippen molar-refractivity contribution in [1.82, 2.24) is 5.32 Å². The number of nitrogens with one attached hydrogen (secondary N) is 2. The van der Waals surface area contributed by atoms with Gasteiger partial charge in [-0.2, -0.15) is 0 Å². The fourth-order valence-electron chi connectivity index (χ4n) is 1.76. The summed E-state index contributed by atoms with van der Waals surface area (Å²) in [6.07, 6.45) is 0. The summed E-state index contributed by atoms with van der Waals surface area (Å²) in [4.78, 5) is 23.2. The van der Waals surface area contributed by atoms with Crippen LogP contribution in [0.25, 0.3) is 0 Å². The molecule has 0 aliphatic rings. The van der Waals surface area contributed by atoms with Crippen molar-refractivity contribution in [1.29, 1.82) is 0 Å². The van der Waals surface area contributed by atoms with Gasteiger partial charge in [0.15, 0.2) is 0 Å². The molecule has 0 saturated carbocycles. The number of aliphatic hydroxyl groups is 1. The number of para-hydroxylation sites is 1. The highest BCUT2D eigenvalue weighted by Crippen LogP contribution is 2.27. The van der Waals surface area contributed by atoms with Gasteiger partial charge in [0.05, 0.1) is 6.61 Å². The van der Waals surface area contributed by atoms with E-state index in [-0.39, 0.29) is 19.1 Å². The predicted octanol–water partition coefficient (Wildman–Crippen LogP) is 1.17. The number of aliphatic hydroxyl groups excluding tert-OH is 1. The van der Waals surface area contributed by atoms with Crippen LogP contribution in [0.2, 0.25) is 0 Å². The summed E-state index contributed by atoms with van der Waals surface area (Å²) in [5.74, 6) is -1.22. The number of amides is 2. The molecular formula is C14H20N2O3. The smallest absolute Gasteiger partial charge is 0.313 e. The van der Waals surface area contributed by atoms with E-state index in [4.69, 9.17) is 5.11 Å². The van der Waals surface area contributed by atoms with Crippen LogP contribution in [0.5, 0.6) is 0 Å². The second kappa shape index (κ2) is 6.89. The summed E-state index contributed by atoms with van der Waals surface area (Å²) in [5.41, 5.74) is 2.58. The monoisotopic (exact) mass is 264 g/mol. The first-order chi connectivity index (χ1) is 8.97. The Labute approximate surface area is 113 Å². The van der Waals surface area contributed by atoms with Crippen LogP contribution in [0.4, 0.5) is 5.69 Å². The molecule has 0 spiro atoms. The molecule has 2 amide bonds. The van der Waals surface area contributed by atoms with Gasteiger partial charge in [0.2, 0.25) is 0 Å². The van der Waals surface area contributed by atoms with Crippen LogP contribution in [0, 0.1) is 6.92 Å². The molecule has 0 aliphatic carbocycles. The van der Waals surface area contributed by atoms with E-state index < -0.39 is 11.8 Å². The van der Waals surface area contributed by atoms with Crippen LogP contribution >= 0.6 is 0 Å². The molecule has 0 saturated heterocycles. The van der Waals surface area contributed by atoms with Crippen LogP contribution in [0.1, 0.15) is 30.9 Å². The zero-order chi connectivity index (χ0) is 14.4. The first kappa shape index (κ1) is 15.2. The predicted molar refractivity (Wildman–Crippen MR) is 74.0 cm³/mol. The van der Waals surface area contributed by atoms with Gasteiger partial charge in [0, 0.05) is 12.2 Å². The SMILES string of the molecule is Cc1cccc(C(C)C)c1NC(=O)C(=O)NCCO. The first-order valence-corrected chi connectivity index (χ1v) is 6.27. The molecule has 104 valence electrons. The van der Waals surface area contributed by atoms with Gasteiger partial charge < -0.3 is 15.7 Å². The maximum atomic E-state index is 11.7. The van der Waals surface area contributed by atoms with Gasteiger partial charge >= 0.3 is 11.8 Å². The van der Waals surface area contributed by atoms with Crippen molar-refractivity contribution in [2.24, 2.45) is 0 Å². The summed E-state index contributed by atoms with van der Waals surface area (Å²) in [6, 6.07) is 5.73. The molecular weight excluding hydrogens is 244 g/mol. The van der Waals surface area contributed by atoms with E-state index in [9.17, 15) is 9.59 Å². The molecule has 0 unspecified atom stereocenters. The highest BCUT2D eigenvalue weighted by atomic mass is 16.3. The van der Waals surface area contributed by atoms with Crippen molar-refractivity contribution in [2.75, 3.05) is 18.5 Å². The van der Waals surface area contributed by atoms with Crippen LogP contribution < -0.4 is 10.6 Å². The molecule has 0 bridgehead atoms. The van der Waals surface area contributed by atoms with Crippen LogP contribution in [0.3, 0.4) is 0 Å². The summed E-state index contributed by atoms with van der Waals surface area (Å²) in [7, 11) is 0. The van der Waals surface area contributed by atoms with Gasteiger partial charge in [-0.15, -0.1) is 0 Å². The Hall–Kier alpha value is -1.88. The Morgan fingerprint density at radius 3 is 2.53 bits per heavy atom. The molecule has 0 atom stereocenters. The van der Waals surface area contributed by atoms with E-state index in [0.717, 1.165) is 11.1 Å². The van der Waals surface area contributed by atoms with Gasteiger partial charge in [-0.25, -0.2) is 0 Å². The van der Waals surface area contributed by atoms with Crippen LogP contribution in [-0.2, 0) is 9.59 Å². The summed E-state index contributed by atoms with van der Waals surface area (Å²) in [5, 5.41) is 13.6. The summed E-state index contributed by atoms with van der Waals surface area (Å²) >= 11 is 0. The van der Waals surface area contributed by atoms with Gasteiger partial charge in [-0.05, 0) is 24.0 Å². The van der Waals surface area contributed by atoms with E-state index in [1.54, 1.807) is 0 Å². The van der Waals surface area contributed by atoms with Crippen molar-refractivity contribution in [3.63, 3.8) is 0 Å². The second-order valence-electron chi connectivity index (χ2n) is 4.63. The van der Waals surface area contributed by atoms with Gasteiger partial charge in [-0.1, -0.05) is 32.0 Å². The minimum Gasteiger partial charge on any atom is -0.395 e.